The van der Waals surface area contributed by atoms with Gasteiger partial charge in [0.2, 0.25) is 0 Å². The largest absolute Gasteiger partial charge is 0.368 e. The van der Waals surface area contributed by atoms with Crippen LogP contribution in [0.2, 0.25) is 5.02 Å². The number of hydrogen-bond acceptors (Lipinski definition) is 5. The molecule has 7 nitrogen and oxygen atoms in total. The molecule has 1 atom stereocenters. The highest BCUT2D eigenvalue weighted by Crippen LogP contribution is 2.25. The molecule has 3 rings (SSSR count). The summed E-state index contributed by atoms with van der Waals surface area (Å²) in [6, 6.07) is 10.7. The van der Waals surface area contributed by atoms with E-state index in [-0.39, 0.29) is 21.4 Å². The van der Waals surface area contributed by atoms with Crippen molar-refractivity contribution in [2.45, 2.75) is 23.8 Å². The molecule has 1 saturated heterocycles. The maximum absolute atomic E-state index is 12.6. The molecule has 1 fully saturated rings. The molecular weight excluding hydrogens is 404 g/mol. The molecule has 0 unspecified atom stereocenters. The molecule has 2 aromatic carbocycles. The monoisotopic (exact) mass is 422 g/mol. The molecule has 1 aliphatic rings. The Hall–Kier alpha value is -2.42. The Bertz CT molecular complexity index is 999. The Balaban J connectivity index is 1.73. The van der Waals surface area contributed by atoms with Crippen molar-refractivity contribution in [2.75, 3.05) is 23.5 Å². The first kappa shape index (κ1) is 20.3. The zero-order valence-electron chi connectivity index (χ0n) is 15.1. The third-order valence-corrected chi connectivity index (χ3v) is 5.69. The van der Waals surface area contributed by atoms with E-state index in [4.69, 9.17) is 16.3 Å². The number of ether oxygens (including phenoxy) is 1. The van der Waals surface area contributed by atoms with Crippen LogP contribution in [0.25, 0.3) is 0 Å². The molecular formula is C19H19ClN2O5S. The molecule has 1 heterocycles. The molecule has 0 spiro atoms. The van der Waals surface area contributed by atoms with Gasteiger partial charge in [0.25, 0.3) is 11.8 Å². The summed E-state index contributed by atoms with van der Waals surface area (Å²) in [6.45, 7) is 0.584. The fourth-order valence-corrected chi connectivity index (χ4v) is 4.09. The van der Waals surface area contributed by atoms with Gasteiger partial charge in [0.1, 0.15) is 6.10 Å². The summed E-state index contributed by atoms with van der Waals surface area (Å²) in [6.07, 6.45) is 2.14. The van der Waals surface area contributed by atoms with Crippen LogP contribution in [0.5, 0.6) is 0 Å². The zero-order chi connectivity index (χ0) is 20.3. The average molecular weight is 423 g/mol. The van der Waals surface area contributed by atoms with Gasteiger partial charge in [-0.05, 0) is 49.2 Å². The summed E-state index contributed by atoms with van der Waals surface area (Å²) >= 11 is 6.06. The van der Waals surface area contributed by atoms with E-state index in [1.54, 1.807) is 24.3 Å². The lowest BCUT2D eigenvalue weighted by Gasteiger charge is -2.12. The van der Waals surface area contributed by atoms with E-state index in [0.717, 1.165) is 12.7 Å². The summed E-state index contributed by atoms with van der Waals surface area (Å²) in [5.41, 5.74) is 0.884. The quantitative estimate of drug-likeness (QED) is 0.770. The molecule has 2 N–H and O–H groups in total. The van der Waals surface area contributed by atoms with Gasteiger partial charge in [-0.25, -0.2) is 8.42 Å². The second-order valence-electron chi connectivity index (χ2n) is 6.41. The lowest BCUT2D eigenvalue weighted by atomic mass is 10.2. The summed E-state index contributed by atoms with van der Waals surface area (Å²) in [7, 11) is -3.63. The van der Waals surface area contributed by atoms with E-state index in [9.17, 15) is 18.0 Å². The fraction of sp³-hybridized carbons (Fsp3) is 0.263. The maximum Gasteiger partial charge on any atom is 0.258 e. The van der Waals surface area contributed by atoms with E-state index >= 15 is 0 Å². The van der Waals surface area contributed by atoms with Gasteiger partial charge in [-0.15, -0.1) is 0 Å². The van der Waals surface area contributed by atoms with Crippen molar-refractivity contribution < 1.29 is 22.7 Å². The van der Waals surface area contributed by atoms with Gasteiger partial charge in [-0.1, -0.05) is 17.7 Å². The summed E-state index contributed by atoms with van der Waals surface area (Å²) in [5.74, 6) is -0.842. The highest BCUT2D eigenvalue weighted by molar-refractivity contribution is 7.90. The van der Waals surface area contributed by atoms with Crippen molar-refractivity contribution in [3.63, 3.8) is 0 Å². The Morgan fingerprint density at radius 3 is 2.29 bits per heavy atom. The molecule has 0 aromatic heterocycles. The van der Waals surface area contributed by atoms with Crippen molar-refractivity contribution >= 4 is 44.6 Å². The highest BCUT2D eigenvalue weighted by Gasteiger charge is 2.24. The fourth-order valence-electron chi connectivity index (χ4n) is 2.87. The van der Waals surface area contributed by atoms with Gasteiger partial charge in [-0.2, -0.15) is 0 Å². The predicted molar refractivity (Wildman–Crippen MR) is 107 cm³/mol. The molecule has 2 aromatic rings. The maximum atomic E-state index is 12.6. The average Bonchev–Trinajstić information content (AvgIpc) is 3.17. The zero-order valence-corrected chi connectivity index (χ0v) is 16.6. The first-order chi connectivity index (χ1) is 13.3. The molecule has 0 aliphatic carbocycles. The number of rotatable bonds is 5. The van der Waals surface area contributed by atoms with Crippen molar-refractivity contribution in [1.82, 2.24) is 0 Å². The Kier molecular flexibility index (Phi) is 6.02. The number of benzene rings is 2. The topological polar surface area (TPSA) is 102 Å². The van der Waals surface area contributed by atoms with Gasteiger partial charge in [0.05, 0.1) is 15.5 Å². The SMILES string of the molecule is CS(=O)(=O)c1cccc(Cl)c1C(=O)Nc1ccc(NC(=O)[C@H]2CCCO2)cc1. The minimum atomic E-state index is -3.63. The van der Waals surface area contributed by atoms with Gasteiger partial charge >= 0.3 is 0 Å². The highest BCUT2D eigenvalue weighted by atomic mass is 35.5. The molecule has 1 aliphatic heterocycles. The van der Waals surface area contributed by atoms with Gasteiger partial charge < -0.3 is 15.4 Å². The van der Waals surface area contributed by atoms with Gasteiger partial charge in [0.15, 0.2) is 9.84 Å². The van der Waals surface area contributed by atoms with Crippen LogP contribution >= 0.6 is 11.6 Å². The lowest BCUT2D eigenvalue weighted by Crippen LogP contribution is -2.26. The number of amides is 2. The molecule has 0 radical (unpaired) electrons. The van der Waals surface area contributed by atoms with Crippen molar-refractivity contribution in [3.05, 3.63) is 53.1 Å². The van der Waals surface area contributed by atoms with Crippen molar-refractivity contribution in [2.24, 2.45) is 0 Å². The minimum Gasteiger partial charge on any atom is -0.368 e. The lowest BCUT2D eigenvalue weighted by molar-refractivity contribution is -0.124. The number of hydrogen-bond donors (Lipinski definition) is 2. The van der Waals surface area contributed by atoms with Crippen LogP contribution in [-0.4, -0.2) is 39.2 Å². The van der Waals surface area contributed by atoms with Crippen LogP contribution in [0, 0.1) is 0 Å². The van der Waals surface area contributed by atoms with Crippen LogP contribution in [0.4, 0.5) is 11.4 Å². The van der Waals surface area contributed by atoms with Crippen molar-refractivity contribution in [3.8, 4) is 0 Å². The Morgan fingerprint density at radius 2 is 1.71 bits per heavy atom. The molecule has 148 valence electrons. The molecule has 0 bridgehead atoms. The number of nitrogens with one attached hydrogen (secondary N) is 2. The third kappa shape index (κ3) is 4.70. The third-order valence-electron chi connectivity index (χ3n) is 4.23. The van der Waals surface area contributed by atoms with Crippen LogP contribution in [0.1, 0.15) is 23.2 Å². The Morgan fingerprint density at radius 1 is 1.07 bits per heavy atom. The van der Waals surface area contributed by atoms with E-state index in [2.05, 4.69) is 10.6 Å². The standard InChI is InChI=1S/C19H19ClN2O5S/c1-28(25,26)16-6-2-4-14(20)17(16)19(24)22-13-9-7-12(8-10-13)21-18(23)15-5-3-11-27-15/h2,4,6-10,15H,3,5,11H2,1H3,(H,21,23)(H,22,24)/t15-/m1/s1. The number of carbonyl (C=O) groups excluding carboxylic acids is 2. The normalized spacial score (nSPS) is 16.6. The smallest absolute Gasteiger partial charge is 0.258 e. The predicted octanol–water partition coefficient (Wildman–Crippen LogP) is 3.11. The summed E-state index contributed by atoms with van der Waals surface area (Å²) in [4.78, 5) is 24.5. The summed E-state index contributed by atoms with van der Waals surface area (Å²) in [5, 5.41) is 5.42. The molecule has 2 amide bonds. The van der Waals surface area contributed by atoms with Gasteiger partial charge in [0, 0.05) is 24.2 Å². The molecule has 9 heteroatoms. The summed E-state index contributed by atoms with van der Waals surface area (Å²) < 4.78 is 29.2. The molecule has 28 heavy (non-hydrogen) atoms. The second kappa shape index (κ2) is 8.30. The number of carbonyl (C=O) groups is 2. The van der Waals surface area contributed by atoms with Gasteiger partial charge in [-0.3, -0.25) is 9.59 Å². The van der Waals surface area contributed by atoms with E-state index in [1.807, 2.05) is 0 Å². The van der Waals surface area contributed by atoms with Crippen molar-refractivity contribution in [1.29, 1.82) is 0 Å². The number of anilines is 2. The first-order valence-electron chi connectivity index (χ1n) is 8.58. The van der Waals surface area contributed by atoms with Crippen LogP contribution < -0.4 is 10.6 Å². The first-order valence-corrected chi connectivity index (χ1v) is 10.8. The Labute approximate surface area is 168 Å². The molecule has 0 saturated carbocycles. The van der Waals surface area contributed by atoms with E-state index in [1.165, 1.54) is 18.2 Å². The van der Waals surface area contributed by atoms with E-state index in [0.29, 0.717) is 24.4 Å². The van der Waals surface area contributed by atoms with Crippen LogP contribution in [-0.2, 0) is 19.4 Å². The number of sulfone groups is 1. The van der Waals surface area contributed by atoms with Crippen LogP contribution in [0.3, 0.4) is 0 Å². The van der Waals surface area contributed by atoms with E-state index < -0.39 is 21.8 Å². The minimum absolute atomic E-state index is 0.0425. The van der Waals surface area contributed by atoms with Crippen LogP contribution in [0.15, 0.2) is 47.4 Å². The number of halogens is 1. The second-order valence-corrected chi connectivity index (χ2v) is 8.80.